The number of anilines is 1. The van der Waals surface area contributed by atoms with E-state index in [2.05, 4.69) is 12.0 Å². The summed E-state index contributed by atoms with van der Waals surface area (Å²) in [5.74, 6) is -0.437. The van der Waals surface area contributed by atoms with E-state index in [9.17, 15) is 4.79 Å². The molecule has 0 spiro atoms. The van der Waals surface area contributed by atoms with Crippen molar-refractivity contribution in [2.75, 3.05) is 5.73 Å². The van der Waals surface area contributed by atoms with Gasteiger partial charge < -0.3 is 10.5 Å². The van der Waals surface area contributed by atoms with Crippen LogP contribution >= 0.6 is 0 Å². The van der Waals surface area contributed by atoms with Gasteiger partial charge >= 0.3 is 5.97 Å². The lowest BCUT2D eigenvalue weighted by atomic mass is 10.1. The van der Waals surface area contributed by atoms with E-state index in [1.807, 2.05) is 32.0 Å². The molecule has 0 saturated heterocycles. The van der Waals surface area contributed by atoms with E-state index in [1.165, 1.54) is 11.1 Å². The van der Waals surface area contributed by atoms with Gasteiger partial charge in [-0.1, -0.05) is 18.2 Å². The molecule has 0 bridgehead atoms. The van der Waals surface area contributed by atoms with Crippen LogP contribution in [0, 0.1) is 20.8 Å². The number of hydrogen-bond donors (Lipinski definition) is 1. The smallest absolute Gasteiger partial charge is 0.359 e. The molecule has 0 amide bonds. The zero-order valence-electron chi connectivity index (χ0n) is 12.9. The number of nitrogens with two attached hydrogens (primary N) is 1. The van der Waals surface area contributed by atoms with Gasteiger partial charge in [-0.2, -0.15) is 5.10 Å². The maximum atomic E-state index is 12.2. The molecule has 0 aliphatic carbocycles. The van der Waals surface area contributed by atoms with Gasteiger partial charge in [0, 0.05) is 6.54 Å². The zero-order valence-corrected chi connectivity index (χ0v) is 12.9. The molecule has 0 atom stereocenters. The normalized spacial score (nSPS) is 10.7. The molecule has 1 aromatic carbocycles. The van der Waals surface area contributed by atoms with Gasteiger partial charge in [0.15, 0.2) is 5.69 Å². The van der Waals surface area contributed by atoms with Gasteiger partial charge in [-0.05, 0) is 44.4 Å². The molecule has 0 aliphatic heterocycles. The van der Waals surface area contributed by atoms with Crippen LogP contribution in [-0.4, -0.2) is 15.7 Å². The van der Waals surface area contributed by atoms with E-state index in [0.717, 1.165) is 5.56 Å². The van der Waals surface area contributed by atoms with Crippen LogP contribution in [0.2, 0.25) is 0 Å². The number of rotatable bonds is 4. The van der Waals surface area contributed by atoms with Gasteiger partial charge in [-0.15, -0.1) is 0 Å². The third-order valence-electron chi connectivity index (χ3n) is 3.61. The summed E-state index contributed by atoms with van der Waals surface area (Å²) in [4.78, 5) is 12.2. The van der Waals surface area contributed by atoms with E-state index < -0.39 is 5.97 Å². The molecular formula is C16H21N3O2. The van der Waals surface area contributed by atoms with Gasteiger partial charge in [-0.3, -0.25) is 4.68 Å². The molecule has 1 heterocycles. The second-order valence-electron chi connectivity index (χ2n) is 5.16. The lowest BCUT2D eigenvalue weighted by molar-refractivity contribution is 0.0459. The van der Waals surface area contributed by atoms with Crippen LogP contribution in [0.5, 0.6) is 0 Å². The SMILES string of the molecule is CCn1nc(C)c(N)c1C(=O)OCc1ccc(C)c(C)c1. The first kappa shape index (κ1) is 15.1. The number of ether oxygens (including phenoxy) is 1. The molecule has 112 valence electrons. The minimum Gasteiger partial charge on any atom is -0.456 e. The average Bonchev–Trinajstić information content (AvgIpc) is 2.75. The van der Waals surface area contributed by atoms with E-state index >= 15 is 0 Å². The Bertz CT molecular complexity index is 674. The Morgan fingerprint density at radius 1 is 1.29 bits per heavy atom. The van der Waals surface area contributed by atoms with Crippen molar-refractivity contribution in [1.29, 1.82) is 0 Å². The molecule has 5 heteroatoms. The Hall–Kier alpha value is -2.30. The van der Waals surface area contributed by atoms with Crippen molar-refractivity contribution in [2.24, 2.45) is 0 Å². The van der Waals surface area contributed by atoms with Crippen LogP contribution in [0.3, 0.4) is 0 Å². The molecule has 5 nitrogen and oxygen atoms in total. The Labute approximate surface area is 124 Å². The summed E-state index contributed by atoms with van der Waals surface area (Å²) in [6.45, 7) is 8.58. The molecule has 0 fully saturated rings. The van der Waals surface area contributed by atoms with E-state index in [0.29, 0.717) is 23.6 Å². The van der Waals surface area contributed by atoms with Crippen LogP contribution in [0.15, 0.2) is 18.2 Å². The van der Waals surface area contributed by atoms with Crippen molar-refractivity contribution < 1.29 is 9.53 Å². The summed E-state index contributed by atoms with van der Waals surface area (Å²) in [6, 6.07) is 6.00. The Morgan fingerprint density at radius 3 is 2.62 bits per heavy atom. The third kappa shape index (κ3) is 3.07. The fraction of sp³-hybridized carbons (Fsp3) is 0.375. The molecule has 21 heavy (non-hydrogen) atoms. The monoisotopic (exact) mass is 287 g/mol. The van der Waals surface area contributed by atoms with Crippen molar-refractivity contribution in [2.45, 2.75) is 40.8 Å². The van der Waals surface area contributed by atoms with Crippen LogP contribution in [0.4, 0.5) is 5.69 Å². The van der Waals surface area contributed by atoms with Crippen LogP contribution in [-0.2, 0) is 17.9 Å². The molecule has 0 aliphatic rings. The molecule has 0 saturated carbocycles. The predicted octanol–water partition coefficient (Wildman–Crippen LogP) is 2.77. The van der Waals surface area contributed by atoms with Crippen molar-refractivity contribution in [3.05, 3.63) is 46.3 Å². The maximum Gasteiger partial charge on any atom is 0.359 e. The lowest BCUT2D eigenvalue weighted by Crippen LogP contribution is -2.14. The lowest BCUT2D eigenvalue weighted by Gasteiger charge is -2.08. The van der Waals surface area contributed by atoms with Crippen LogP contribution in [0.25, 0.3) is 0 Å². The van der Waals surface area contributed by atoms with Crippen molar-refractivity contribution in [3.8, 4) is 0 Å². The van der Waals surface area contributed by atoms with Gasteiger partial charge in [0.2, 0.25) is 0 Å². The summed E-state index contributed by atoms with van der Waals surface area (Å²) < 4.78 is 6.94. The Balaban J connectivity index is 2.13. The number of aromatic nitrogens is 2. The van der Waals surface area contributed by atoms with Gasteiger partial charge in [0.25, 0.3) is 0 Å². The molecular weight excluding hydrogens is 266 g/mol. The van der Waals surface area contributed by atoms with Crippen LogP contribution in [0.1, 0.15) is 39.8 Å². The highest BCUT2D eigenvalue weighted by Gasteiger charge is 2.20. The number of esters is 1. The van der Waals surface area contributed by atoms with Crippen molar-refractivity contribution in [1.82, 2.24) is 9.78 Å². The number of hydrogen-bond acceptors (Lipinski definition) is 4. The zero-order chi connectivity index (χ0) is 15.6. The Morgan fingerprint density at radius 2 is 2.00 bits per heavy atom. The number of nitrogens with zero attached hydrogens (tertiary/aromatic N) is 2. The summed E-state index contributed by atoms with van der Waals surface area (Å²) in [7, 11) is 0. The van der Waals surface area contributed by atoms with Gasteiger partial charge in [0.1, 0.15) is 6.61 Å². The second-order valence-corrected chi connectivity index (χ2v) is 5.16. The third-order valence-corrected chi connectivity index (χ3v) is 3.61. The Kier molecular flexibility index (Phi) is 4.31. The first-order chi connectivity index (χ1) is 9.93. The molecule has 0 radical (unpaired) electrons. The highest BCUT2D eigenvalue weighted by atomic mass is 16.5. The van der Waals surface area contributed by atoms with E-state index in [1.54, 1.807) is 11.6 Å². The highest BCUT2D eigenvalue weighted by molar-refractivity contribution is 5.93. The summed E-state index contributed by atoms with van der Waals surface area (Å²) in [6.07, 6.45) is 0. The fourth-order valence-corrected chi connectivity index (χ4v) is 2.15. The van der Waals surface area contributed by atoms with Gasteiger partial charge in [-0.25, -0.2) is 4.79 Å². The standard InChI is InChI=1S/C16H21N3O2/c1-5-19-15(14(17)12(4)18-19)16(20)21-9-13-7-6-10(2)11(3)8-13/h6-8H,5,9,17H2,1-4H3. The maximum absolute atomic E-state index is 12.2. The quantitative estimate of drug-likeness (QED) is 0.878. The topological polar surface area (TPSA) is 70.1 Å². The first-order valence-electron chi connectivity index (χ1n) is 7.00. The minimum atomic E-state index is -0.437. The molecule has 2 N–H and O–H groups in total. The van der Waals surface area contributed by atoms with Gasteiger partial charge in [0.05, 0.1) is 11.4 Å². The summed E-state index contributed by atoms with van der Waals surface area (Å²) in [5, 5.41) is 4.22. The molecule has 2 rings (SSSR count). The summed E-state index contributed by atoms with van der Waals surface area (Å²) >= 11 is 0. The molecule has 0 unspecified atom stereocenters. The predicted molar refractivity (Wildman–Crippen MR) is 82.1 cm³/mol. The first-order valence-corrected chi connectivity index (χ1v) is 7.00. The van der Waals surface area contributed by atoms with Crippen molar-refractivity contribution >= 4 is 11.7 Å². The second kappa shape index (κ2) is 5.99. The highest BCUT2D eigenvalue weighted by Crippen LogP contribution is 2.18. The largest absolute Gasteiger partial charge is 0.456 e. The minimum absolute atomic E-state index is 0.229. The number of nitrogen functional groups attached to an aromatic ring is 1. The average molecular weight is 287 g/mol. The number of carbonyl (C=O) groups excluding carboxylic acids is 1. The number of benzene rings is 1. The molecule has 2 aromatic rings. The molecule has 1 aromatic heterocycles. The fourth-order valence-electron chi connectivity index (χ4n) is 2.15. The van der Waals surface area contributed by atoms with Crippen molar-refractivity contribution in [3.63, 3.8) is 0 Å². The van der Waals surface area contributed by atoms with Crippen LogP contribution < -0.4 is 5.73 Å². The number of carbonyl (C=O) groups is 1. The van der Waals surface area contributed by atoms with E-state index in [-0.39, 0.29) is 6.61 Å². The summed E-state index contributed by atoms with van der Waals surface area (Å²) in [5.41, 5.74) is 10.6. The number of aryl methyl sites for hydroxylation is 4. The van der Waals surface area contributed by atoms with E-state index in [4.69, 9.17) is 10.5 Å².